The van der Waals surface area contributed by atoms with Gasteiger partial charge >= 0.3 is 0 Å². The van der Waals surface area contributed by atoms with Gasteiger partial charge in [-0.1, -0.05) is 13.8 Å². The van der Waals surface area contributed by atoms with Gasteiger partial charge in [0.05, 0.1) is 0 Å². The molecule has 2 rings (SSSR count). The van der Waals surface area contributed by atoms with Crippen molar-refractivity contribution < 1.29 is 0 Å². The summed E-state index contributed by atoms with van der Waals surface area (Å²) in [5, 5.41) is 3.56. The van der Waals surface area contributed by atoms with E-state index in [-0.39, 0.29) is 0 Å². The van der Waals surface area contributed by atoms with E-state index in [0.717, 1.165) is 12.0 Å². The lowest BCUT2D eigenvalue weighted by molar-refractivity contribution is 0.0942. The van der Waals surface area contributed by atoms with Gasteiger partial charge in [-0.2, -0.15) is 0 Å². The maximum atomic E-state index is 3.56. The molecule has 0 spiro atoms. The van der Waals surface area contributed by atoms with Crippen molar-refractivity contribution in [2.75, 3.05) is 45.8 Å². The minimum Gasteiger partial charge on any atom is -0.316 e. The summed E-state index contributed by atoms with van der Waals surface area (Å²) in [5.41, 5.74) is 0. The van der Waals surface area contributed by atoms with Crippen LogP contribution in [0, 0.1) is 5.92 Å². The number of likely N-dealkylation sites (tertiary alicyclic amines) is 1. The molecule has 2 heterocycles. The molecule has 0 aromatic carbocycles. The van der Waals surface area contributed by atoms with E-state index in [1.165, 1.54) is 77.9 Å². The van der Waals surface area contributed by atoms with Crippen molar-refractivity contribution in [3.8, 4) is 0 Å². The zero-order valence-corrected chi connectivity index (χ0v) is 13.0. The fourth-order valence-electron chi connectivity index (χ4n) is 3.77. The number of nitrogens with one attached hydrogen (secondary N) is 1. The monoisotopic (exact) mass is 267 g/mol. The highest BCUT2D eigenvalue weighted by molar-refractivity contribution is 4.82. The molecular formula is C16H33N3. The first-order valence-electron chi connectivity index (χ1n) is 8.50. The first kappa shape index (κ1) is 15.3. The van der Waals surface area contributed by atoms with Crippen LogP contribution in [-0.4, -0.2) is 61.7 Å². The van der Waals surface area contributed by atoms with Gasteiger partial charge in [0.25, 0.3) is 0 Å². The summed E-state index contributed by atoms with van der Waals surface area (Å²) in [6.45, 7) is 13.6. The average Bonchev–Trinajstić information content (AvgIpc) is 2.47. The van der Waals surface area contributed by atoms with Crippen molar-refractivity contribution in [3.63, 3.8) is 0 Å². The predicted molar refractivity (Wildman–Crippen MR) is 82.6 cm³/mol. The second-order valence-corrected chi connectivity index (χ2v) is 6.37. The highest BCUT2D eigenvalue weighted by atomic mass is 15.2. The van der Waals surface area contributed by atoms with Crippen LogP contribution in [0.3, 0.4) is 0 Å². The van der Waals surface area contributed by atoms with Gasteiger partial charge < -0.3 is 15.1 Å². The van der Waals surface area contributed by atoms with Crippen molar-refractivity contribution in [2.45, 2.75) is 52.0 Å². The average molecular weight is 267 g/mol. The number of nitrogens with zero attached hydrogens (tertiary/aromatic N) is 2. The van der Waals surface area contributed by atoms with Gasteiger partial charge in [-0.25, -0.2) is 0 Å². The third kappa shape index (κ3) is 4.73. The molecule has 0 amide bonds. The Morgan fingerprint density at radius 2 is 1.95 bits per heavy atom. The quantitative estimate of drug-likeness (QED) is 0.796. The molecule has 2 aliphatic rings. The summed E-state index contributed by atoms with van der Waals surface area (Å²) >= 11 is 0. The van der Waals surface area contributed by atoms with E-state index >= 15 is 0 Å². The number of piperidine rings is 2. The van der Waals surface area contributed by atoms with Crippen LogP contribution < -0.4 is 5.32 Å². The van der Waals surface area contributed by atoms with E-state index in [4.69, 9.17) is 0 Å². The molecule has 0 aromatic rings. The smallest absolute Gasteiger partial charge is 0.0120 e. The van der Waals surface area contributed by atoms with Crippen LogP contribution in [0.5, 0.6) is 0 Å². The first-order valence-corrected chi connectivity index (χ1v) is 8.50. The summed E-state index contributed by atoms with van der Waals surface area (Å²) in [4.78, 5) is 5.41. The summed E-state index contributed by atoms with van der Waals surface area (Å²) < 4.78 is 0. The van der Waals surface area contributed by atoms with E-state index in [9.17, 15) is 0 Å². The van der Waals surface area contributed by atoms with Crippen molar-refractivity contribution in [1.29, 1.82) is 0 Å². The Labute approximate surface area is 119 Å². The van der Waals surface area contributed by atoms with Crippen molar-refractivity contribution in [1.82, 2.24) is 15.1 Å². The zero-order valence-electron chi connectivity index (χ0n) is 13.0. The number of hydrogen-bond donors (Lipinski definition) is 1. The molecule has 1 unspecified atom stereocenters. The van der Waals surface area contributed by atoms with Gasteiger partial charge in [-0.05, 0) is 77.3 Å². The van der Waals surface area contributed by atoms with Gasteiger partial charge in [0.2, 0.25) is 0 Å². The molecule has 3 nitrogen and oxygen atoms in total. The van der Waals surface area contributed by atoms with Crippen molar-refractivity contribution >= 4 is 0 Å². The fourth-order valence-corrected chi connectivity index (χ4v) is 3.77. The molecule has 2 saturated heterocycles. The van der Waals surface area contributed by atoms with Crippen LogP contribution in [0.25, 0.3) is 0 Å². The van der Waals surface area contributed by atoms with Crippen LogP contribution in [0.4, 0.5) is 0 Å². The molecule has 0 aliphatic carbocycles. The molecule has 1 atom stereocenters. The summed E-state index contributed by atoms with van der Waals surface area (Å²) in [5.74, 6) is 0.891. The van der Waals surface area contributed by atoms with Crippen LogP contribution >= 0.6 is 0 Å². The summed E-state index contributed by atoms with van der Waals surface area (Å²) in [7, 11) is 0. The highest BCUT2D eigenvalue weighted by Gasteiger charge is 2.25. The predicted octanol–water partition coefficient (Wildman–Crippen LogP) is 2.18. The molecule has 112 valence electrons. The summed E-state index contributed by atoms with van der Waals surface area (Å²) in [6.07, 6.45) is 6.87. The van der Waals surface area contributed by atoms with Gasteiger partial charge in [0.1, 0.15) is 0 Å². The number of rotatable bonds is 6. The normalized spacial score (nSPS) is 27.0. The Morgan fingerprint density at radius 3 is 2.53 bits per heavy atom. The molecule has 0 radical (unpaired) electrons. The van der Waals surface area contributed by atoms with Gasteiger partial charge in [0.15, 0.2) is 0 Å². The van der Waals surface area contributed by atoms with Crippen LogP contribution in [0.1, 0.15) is 46.0 Å². The topological polar surface area (TPSA) is 18.5 Å². The number of hydrogen-bond acceptors (Lipinski definition) is 3. The molecule has 2 fully saturated rings. The van der Waals surface area contributed by atoms with E-state index in [1.807, 2.05) is 0 Å². The molecule has 2 aliphatic heterocycles. The molecule has 0 saturated carbocycles. The lowest BCUT2D eigenvalue weighted by atomic mass is 9.96. The molecule has 19 heavy (non-hydrogen) atoms. The maximum absolute atomic E-state index is 3.56. The molecule has 1 N–H and O–H groups in total. The SMILES string of the molecule is CCCN1CCC(N(CC)CC2CCCNC2)CC1. The standard InChI is InChI=1S/C16H33N3/c1-3-10-18-11-7-16(8-12-18)19(4-2)14-15-6-5-9-17-13-15/h15-17H,3-14H2,1-2H3. The lowest BCUT2D eigenvalue weighted by Gasteiger charge is -2.40. The molecule has 0 aromatic heterocycles. The van der Waals surface area contributed by atoms with Crippen LogP contribution in [0.2, 0.25) is 0 Å². The molecule has 3 heteroatoms. The van der Waals surface area contributed by atoms with E-state index in [2.05, 4.69) is 29.0 Å². The molecular weight excluding hydrogens is 234 g/mol. The zero-order chi connectivity index (χ0) is 13.5. The van der Waals surface area contributed by atoms with Crippen LogP contribution in [-0.2, 0) is 0 Å². The first-order chi connectivity index (χ1) is 9.33. The summed E-state index contributed by atoms with van der Waals surface area (Å²) in [6, 6.07) is 0.847. The van der Waals surface area contributed by atoms with E-state index < -0.39 is 0 Å². The lowest BCUT2D eigenvalue weighted by Crippen LogP contribution is -2.48. The third-order valence-electron chi connectivity index (χ3n) is 4.91. The van der Waals surface area contributed by atoms with Crippen LogP contribution in [0.15, 0.2) is 0 Å². The maximum Gasteiger partial charge on any atom is 0.0120 e. The largest absolute Gasteiger partial charge is 0.316 e. The van der Waals surface area contributed by atoms with Crippen molar-refractivity contribution in [3.05, 3.63) is 0 Å². The minimum absolute atomic E-state index is 0.847. The van der Waals surface area contributed by atoms with E-state index in [0.29, 0.717) is 0 Å². The van der Waals surface area contributed by atoms with Gasteiger partial charge in [-0.3, -0.25) is 0 Å². The van der Waals surface area contributed by atoms with Gasteiger partial charge in [0, 0.05) is 12.6 Å². The Hall–Kier alpha value is -0.120. The second-order valence-electron chi connectivity index (χ2n) is 6.37. The Balaban J connectivity index is 1.75. The second kappa shape index (κ2) is 8.23. The third-order valence-corrected chi connectivity index (χ3v) is 4.91. The van der Waals surface area contributed by atoms with E-state index in [1.54, 1.807) is 0 Å². The fraction of sp³-hybridized carbons (Fsp3) is 1.00. The minimum atomic E-state index is 0.847. The van der Waals surface area contributed by atoms with Gasteiger partial charge in [-0.15, -0.1) is 0 Å². The highest BCUT2D eigenvalue weighted by Crippen LogP contribution is 2.20. The Bertz CT molecular complexity index is 230. The Morgan fingerprint density at radius 1 is 1.16 bits per heavy atom. The Kier molecular flexibility index (Phi) is 6.62. The molecule has 0 bridgehead atoms. The van der Waals surface area contributed by atoms with Crippen molar-refractivity contribution in [2.24, 2.45) is 5.92 Å².